The Bertz CT molecular complexity index is 1170. The minimum atomic E-state index is -0.955. The van der Waals surface area contributed by atoms with Crippen molar-refractivity contribution in [2.75, 3.05) is 14.2 Å². The summed E-state index contributed by atoms with van der Waals surface area (Å²) in [5.74, 6) is -0.707. The zero-order valence-electron chi connectivity index (χ0n) is 15.9. The Morgan fingerprint density at radius 2 is 1.86 bits per heavy atom. The number of carbonyl (C=O) groups excluding carboxylic acids is 1. The maximum Gasteiger partial charge on any atom is 0.345 e. The van der Waals surface area contributed by atoms with Gasteiger partial charge in [-0.1, -0.05) is 6.07 Å². The standard InChI is InChI=1S/C19H17N3O7/c1-11-5-4-6-17-20-12(7-18(23)21(11)17)10-29-19(24)13-8-15(27-2)16(28-3)9-14(13)22(25)26/h4-9H,10H2,1-3H3. The van der Waals surface area contributed by atoms with E-state index in [4.69, 9.17) is 14.2 Å². The molecular formula is C19H17N3O7. The zero-order valence-corrected chi connectivity index (χ0v) is 15.9. The van der Waals surface area contributed by atoms with E-state index < -0.39 is 16.6 Å². The van der Waals surface area contributed by atoms with E-state index in [2.05, 4.69) is 4.98 Å². The van der Waals surface area contributed by atoms with Crippen LogP contribution in [0.4, 0.5) is 5.69 Å². The van der Waals surface area contributed by atoms with E-state index in [9.17, 15) is 19.7 Å². The highest BCUT2D eigenvalue weighted by Crippen LogP contribution is 2.34. The van der Waals surface area contributed by atoms with Crippen LogP contribution in [0.25, 0.3) is 5.65 Å². The average Bonchev–Trinajstić information content (AvgIpc) is 2.70. The third kappa shape index (κ3) is 3.86. The van der Waals surface area contributed by atoms with Crippen molar-refractivity contribution in [3.8, 4) is 11.5 Å². The molecule has 0 atom stereocenters. The van der Waals surface area contributed by atoms with Crippen molar-refractivity contribution < 1.29 is 23.9 Å². The third-order valence-corrected chi connectivity index (χ3v) is 4.20. The molecule has 1 aromatic carbocycles. The maximum atomic E-state index is 12.5. The number of methoxy groups -OCH3 is 2. The molecule has 0 aliphatic carbocycles. The number of rotatable bonds is 6. The largest absolute Gasteiger partial charge is 0.493 e. The minimum Gasteiger partial charge on any atom is -0.493 e. The predicted octanol–water partition coefficient (Wildman–Crippen LogP) is 2.29. The van der Waals surface area contributed by atoms with Crippen LogP contribution in [0.2, 0.25) is 0 Å². The van der Waals surface area contributed by atoms with Crippen LogP contribution in [0.5, 0.6) is 11.5 Å². The normalized spacial score (nSPS) is 10.6. The second-order valence-electron chi connectivity index (χ2n) is 6.00. The number of esters is 1. The number of hydrogen-bond acceptors (Lipinski definition) is 8. The molecule has 0 radical (unpaired) electrons. The Morgan fingerprint density at radius 1 is 1.17 bits per heavy atom. The molecule has 150 valence electrons. The first-order chi connectivity index (χ1) is 13.8. The van der Waals surface area contributed by atoms with E-state index in [1.807, 2.05) is 0 Å². The van der Waals surface area contributed by atoms with E-state index in [0.717, 1.165) is 6.07 Å². The summed E-state index contributed by atoms with van der Waals surface area (Å²) in [5.41, 5.74) is 0.217. The van der Waals surface area contributed by atoms with E-state index in [0.29, 0.717) is 11.3 Å². The summed E-state index contributed by atoms with van der Waals surface area (Å²) in [5, 5.41) is 11.3. The highest BCUT2D eigenvalue weighted by molar-refractivity contribution is 5.95. The molecule has 29 heavy (non-hydrogen) atoms. The third-order valence-electron chi connectivity index (χ3n) is 4.20. The summed E-state index contributed by atoms with van der Waals surface area (Å²) >= 11 is 0. The number of nitrogens with zero attached hydrogens (tertiary/aromatic N) is 3. The molecule has 0 saturated carbocycles. The van der Waals surface area contributed by atoms with E-state index >= 15 is 0 Å². The molecule has 10 heteroatoms. The molecule has 10 nitrogen and oxygen atoms in total. The smallest absolute Gasteiger partial charge is 0.345 e. The van der Waals surface area contributed by atoms with Crippen molar-refractivity contribution in [1.29, 1.82) is 0 Å². The van der Waals surface area contributed by atoms with Gasteiger partial charge in [-0.2, -0.15) is 0 Å². The fourth-order valence-corrected chi connectivity index (χ4v) is 2.84. The number of hydrogen-bond donors (Lipinski definition) is 0. The summed E-state index contributed by atoms with van der Waals surface area (Å²) < 4.78 is 16.7. The van der Waals surface area contributed by atoms with Gasteiger partial charge in [0.25, 0.3) is 11.2 Å². The molecule has 0 N–H and O–H groups in total. The Balaban J connectivity index is 1.90. The summed E-state index contributed by atoms with van der Waals surface area (Å²) in [4.78, 5) is 39.7. The van der Waals surface area contributed by atoms with Crippen molar-refractivity contribution >= 4 is 17.3 Å². The van der Waals surface area contributed by atoms with Gasteiger partial charge >= 0.3 is 5.97 Å². The molecule has 3 aromatic rings. The molecule has 0 aliphatic heterocycles. The van der Waals surface area contributed by atoms with Crippen LogP contribution in [-0.4, -0.2) is 34.5 Å². The van der Waals surface area contributed by atoms with Gasteiger partial charge in [0.05, 0.1) is 30.9 Å². The minimum absolute atomic E-state index is 0.107. The number of nitro benzene ring substituents is 1. The number of fused-ring (bicyclic) bond motifs is 1. The summed E-state index contributed by atoms with van der Waals surface area (Å²) in [6, 6.07) is 8.67. The molecule has 0 fully saturated rings. The van der Waals surface area contributed by atoms with E-state index in [1.165, 1.54) is 30.8 Å². The Labute approximate surface area is 164 Å². The van der Waals surface area contributed by atoms with Crippen LogP contribution < -0.4 is 15.0 Å². The van der Waals surface area contributed by atoms with Gasteiger partial charge in [0, 0.05) is 17.8 Å². The first-order valence-corrected chi connectivity index (χ1v) is 8.41. The van der Waals surface area contributed by atoms with Crippen molar-refractivity contribution in [2.45, 2.75) is 13.5 Å². The first-order valence-electron chi connectivity index (χ1n) is 8.41. The first kappa shape index (κ1) is 19.8. The van der Waals surface area contributed by atoms with Crippen LogP contribution in [0.3, 0.4) is 0 Å². The van der Waals surface area contributed by atoms with Crippen LogP contribution in [-0.2, 0) is 11.3 Å². The fourth-order valence-electron chi connectivity index (χ4n) is 2.84. The van der Waals surface area contributed by atoms with E-state index in [-0.39, 0.29) is 34.9 Å². The summed E-state index contributed by atoms with van der Waals surface area (Å²) in [7, 11) is 2.67. The van der Waals surface area contributed by atoms with Crippen LogP contribution in [0.1, 0.15) is 21.7 Å². The number of aryl methyl sites for hydroxylation is 1. The van der Waals surface area contributed by atoms with Gasteiger partial charge in [-0.15, -0.1) is 0 Å². The number of pyridine rings is 1. The maximum absolute atomic E-state index is 12.5. The molecule has 2 aromatic heterocycles. The van der Waals surface area contributed by atoms with Crippen molar-refractivity contribution in [3.63, 3.8) is 0 Å². The predicted molar refractivity (Wildman–Crippen MR) is 102 cm³/mol. The summed E-state index contributed by atoms with van der Waals surface area (Å²) in [6.45, 7) is 1.44. The lowest BCUT2D eigenvalue weighted by atomic mass is 10.1. The molecule has 3 rings (SSSR count). The molecule has 0 saturated heterocycles. The van der Waals surface area contributed by atoms with Gasteiger partial charge in [-0.05, 0) is 19.1 Å². The second-order valence-corrected chi connectivity index (χ2v) is 6.00. The highest BCUT2D eigenvalue weighted by Gasteiger charge is 2.26. The van der Waals surface area contributed by atoms with Crippen LogP contribution in [0, 0.1) is 17.0 Å². The molecule has 0 bridgehead atoms. The SMILES string of the molecule is COc1cc(C(=O)OCc2cc(=O)n3c(C)cccc3n2)c([N+](=O)[O-])cc1OC. The number of carbonyl (C=O) groups is 1. The Hall–Kier alpha value is -3.95. The molecule has 0 amide bonds. The molecule has 0 unspecified atom stereocenters. The monoisotopic (exact) mass is 399 g/mol. The highest BCUT2D eigenvalue weighted by atomic mass is 16.6. The quantitative estimate of drug-likeness (QED) is 0.351. The zero-order chi connectivity index (χ0) is 21.1. The topological polar surface area (TPSA) is 122 Å². The second kappa shape index (κ2) is 7.97. The van der Waals surface area contributed by atoms with Gasteiger partial charge < -0.3 is 14.2 Å². The van der Waals surface area contributed by atoms with Crippen molar-refractivity contribution in [1.82, 2.24) is 9.38 Å². The number of aromatic nitrogens is 2. The molecular weight excluding hydrogens is 382 g/mol. The Kier molecular flexibility index (Phi) is 5.44. The van der Waals surface area contributed by atoms with E-state index in [1.54, 1.807) is 25.1 Å². The lowest BCUT2D eigenvalue weighted by Crippen LogP contribution is -2.18. The lowest BCUT2D eigenvalue weighted by molar-refractivity contribution is -0.385. The average molecular weight is 399 g/mol. The number of benzene rings is 1. The molecule has 2 heterocycles. The van der Waals surface area contributed by atoms with Gasteiger partial charge in [-0.3, -0.25) is 19.3 Å². The van der Waals surface area contributed by atoms with Gasteiger partial charge in [0.1, 0.15) is 17.8 Å². The Morgan fingerprint density at radius 3 is 2.52 bits per heavy atom. The van der Waals surface area contributed by atoms with Crippen molar-refractivity contribution in [2.24, 2.45) is 0 Å². The lowest BCUT2D eigenvalue weighted by Gasteiger charge is -2.11. The number of nitro groups is 1. The van der Waals surface area contributed by atoms with Crippen molar-refractivity contribution in [3.05, 3.63) is 73.8 Å². The van der Waals surface area contributed by atoms with Crippen LogP contribution in [0.15, 0.2) is 41.2 Å². The number of ether oxygens (including phenoxy) is 3. The van der Waals surface area contributed by atoms with Gasteiger partial charge in [0.15, 0.2) is 11.5 Å². The van der Waals surface area contributed by atoms with Gasteiger partial charge in [0.2, 0.25) is 0 Å². The van der Waals surface area contributed by atoms with Gasteiger partial charge in [-0.25, -0.2) is 9.78 Å². The molecule has 0 aliphatic rings. The fraction of sp³-hybridized carbons (Fsp3) is 0.211. The summed E-state index contributed by atoms with van der Waals surface area (Å²) in [6.07, 6.45) is 0. The van der Waals surface area contributed by atoms with Crippen LogP contribution >= 0.6 is 0 Å². The molecule has 0 spiro atoms.